The fraction of sp³-hybridized carbons (Fsp3) is 0.0755. The lowest BCUT2D eigenvalue weighted by Gasteiger charge is -2.21. The minimum Gasteiger partial charge on any atom is -0.354 e. The quantitative estimate of drug-likeness (QED) is 0.145. The fourth-order valence-electron chi connectivity index (χ4n) is 7.79. The van der Waals surface area contributed by atoms with Crippen molar-refractivity contribution in [3.05, 3.63) is 228 Å². The third-order valence-corrected chi connectivity index (χ3v) is 10.6. The predicted octanol–water partition coefficient (Wildman–Crippen LogP) is 14.0. The second-order valence-corrected chi connectivity index (χ2v) is 15.5. The Bertz CT molecular complexity index is 2820. The molecule has 57 heavy (non-hydrogen) atoms. The van der Waals surface area contributed by atoms with E-state index in [0.717, 1.165) is 73.0 Å². The molecule has 9 rings (SSSR count). The van der Waals surface area contributed by atoms with E-state index in [-0.39, 0.29) is 5.41 Å². The molecule has 2 aromatic heterocycles. The van der Waals surface area contributed by atoms with Gasteiger partial charge in [-0.05, 0) is 105 Å². The first-order valence-electron chi connectivity index (χ1n) is 19.5. The van der Waals surface area contributed by atoms with E-state index in [2.05, 4.69) is 212 Å². The van der Waals surface area contributed by atoms with Gasteiger partial charge in [0, 0.05) is 28.3 Å². The van der Waals surface area contributed by atoms with Crippen LogP contribution in [0, 0.1) is 0 Å². The van der Waals surface area contributed by atoms with Gasteiger partial charge in [0.1, 0.15) is 5.82 Å². The molecule has 0 atom stereocenters. The number of pyridine rings is 1. The SMILES string of the molecule is CC(C)(C)c1ccnc(-n2c3ccccc3c3ccc(C(=C(c4ccccc4)c4ccccc4)c4cccc(Nc5ccccc5Nc5ccccc5)c4)cc32)c1. The number of hydrogen-bond acceptors (Lipinski definition) is 3. The summed E-state index contributed by atoms with van der Waals surface area (Å²) in [5.74, 6) is 0.914. The van der Waals surface area contributed by atoms with Crippen molar-refractivity contribution in [1.29, 1.82) is 0 Å². The Labute approximate surface area is 334 Å². The van der Waals surface area contributed by atoms with Crippen LogP contribution in [-0.4, -0.2) is 9.55 Å². The maximum absolute atomic E-state index is 4.98. The van der Waals surface area contributed by atoms with Crippen molar-refractivity contribution < 1.29 is 0 Å². The fourth-order valence-corrected chi connectivity index (χ4v) is 7.79. The van der Waals surface area contributed by atoms with Gasteiger partial charge in [-0.3, -0.25) is 4.57 Å². The summed E-state index contributed by atoms with van der Waals surface area (Å²) >= 11 is 0. The van der Waals surface area contributed by atoms with E-state index in [1.54, 1.807) is 0 Å². The first-order valence-corrected chi connectivity index (χ1v) is 19.5. The molecule has 2 N–H and O–H groups in total. The average Bonchev–Trinajstić information content (AvgIpc) is 3.58. The smallest absolute Gasteiger partial charge is 0.137 e. The summed E-state index contributed by atoms with van der Waals surface area (Å²) in [6.07, 6.45) is 1.95. The van der Waals surface area contributed by atoms with Gasteiger partial charge < -0.3 is 10.6 Å². The number of hydrogen-bond donors (Lipinski definition) is 2. The van der Waals surface area contributed by atoms with Gasteiger partial charge in [0.05, 0.1) is 22.4 Å². The molecule has 4 heteroatoms. The minimum absolute atomic E-state index is 0.0189. The molecular formula is C53H44N4. The van der Waals surface area contributed by atoms with Crippen LogP contribution in [0.3, 0.4) is 0 Å². The van der Waals surface area contributed by atoms with Crippen LogP contribution in [0.4, 0.5) is 22.7 Å². The number of anilines is 4. The van der Waals surface area contributed by atoms with Gasteiger partial charge in [-0.25, -0.2) is 4.98 Å². The van der Waals surface area contributed by atoms with Crippen molar-refractivity contribution in [2.45, 2.75) is 26.2 Å². The van der Waals surface area contributed by atoms with Crippen LogP contribution in [0.25, 0.3) is 38.8 Å². The summed E-state index contributed by atoms with van der Waals surface area (Å²) in [6, 6.07) is 68.9. The van der Waals surface area contributed by atoms with Gasteiger partial charge in [-0.15, -0.1) is 0 Å². The Kier molecular flexibility index (Phi) is 9.45. The van der Waals surface area contributed by atoms with E-state index in [1.807, 2.05) is 24.4 Å². The zero-order chi connectivity index (χ0) is 38.8. The summed E-state index contributed by atoms with van der Waals surface area (Å²) in [7, 11) is 0. The summed E-state index contributed by atoms with van der Waals surface area (Å²) in [5.41, 5.74) is 14.3. The van der Waals surface area contributed by atoms with Crippen molar-refractivity contribution in [1.82, 2.24) is 9.55 Å². The van der Waals surface area contributed by atoms with Gasteiger partial charge in [0.15, 0.2) is 0 Å². The minimum atomic E-state index is -0.0189. The highest BCUT2D eigenvalue weighted by Crippen LogP contribution is 2.41. The lowest BCUT2D eigenvalue weighted by Crippen LogP contribution is -2.12. The molecule has 0 fully saturated rings. The van der Waals surface area contributed by atoms with Gasteiger partial charge in [-0.2, -0.15) is 0 Å². The number of fused-ring (bicyclic) bond motifs is 3. The number of nitrogens with one attached hydrogen (secondary N) is 2. The summed E-state index contributed by atoms with van der Waals surface area (Å²) in [4.78, 5) is 4.98. The van der Waals surface area contributed by atoms with E-state index in [4.69, 9.17) is 4.98 Å². The highest BCUT2D eigenvalue weighted by atomic mass is 15.1. The molecule has 7 aromatic carbocycles. The maximum Gasteiger partial charge on any atom is 0.137 e. The van der Waals surface area contributed by atoms with Crippen LogP contribution in [0.2, 0.25) is 0 Å². The molecule has 0 radical (unpaired) electrons. The van der Waals surface area contributed by atoms with Crippen molar-refractivity contribution in [2.75, 3.05) is 10.6 Å². The molecule has 0 aliphatic rings. The Morgan fingerprint density at radius 2 is 0.965 bits per heavy atom. The topological polar surface area (TPSA) is 41.9 Å². The number of para-hydroxylation sites is 4. The number of aromatic nitrogens is 2. The Balaban J connectivity index is 1.27. The lowest BCUT2D eigenvalue weighted by atomic mass is 9.85. The van der Waals surface area contributed by atoms with E-state index in [1.165, 1.54) is 16.3 Å². The van der Waals surface area contributed by atoms with E-state index in [0.29, 0.717) is 0 Å². The van der Waals surface area contributed by atoms with Crippen LogP contribution in [0.15, 0.2) is 200 Å². The van der Waals surface area contributed by atoms with Crippen molar-refractivity contribution in [2.24, 2.45) is 0 Å². The molecule has 0 amide bonds. The molecule has 276 valence electrons. The molecule has 0 spiro atoms. The van der Waals surface area contributed by atoms with E-state index in [9.17, 15) is 0 Å². The molecule has 0 unspecified atom stereocenters. The molecule has 0 aliphatic carbocycles. The van der Waals surface area contributed by atoms with Crippen molar-refractivity contribution >= 4 is 55.7 Å². The third kappa shape index (κ3) is 7.21. The highest BCUT2D eigenvalue weighted by Gasteiger charge is 2.21. The Morgan fingerprint density at radius 1 is 0.439 bits per heavy atom. The van der Waals surface area contributed by atoms with Crippen LogP contribution in [-0.2, 0) is 5.41 Å². The highest BCUT2D eigenvalue weighted by molar-refractivity contribution is 6.12. The Morgan fingerprint density at radius 3 is 1.65 bits per heavy atom. The van der Waals surface area contributed by atoms with Gasteiger partial charge in [0.25, 0.3) is 0 Å². The molecule has 9 aromatic rings. The third-order valence-electron chi connectivity index (χ3n) is 10.6. The van der Waals surface area contributed by atoms with Crippen LogP contribution < -0.4 is 10.6 Å². The second kappa shape index (κ2) is 15.2. The second-order valence-electron chi connectivity index (χ2n) is 15.5. The molecule has 4 nitrogen and oxygen atoms in total. The molecule has 0 aliphatic heterocycles. The normalized spacial score (nSPS) is 11.4. The summed E-state index contributed by atoms with van der Waals surface area (Å²) in [6.45, 7) is 6.76. The molecule has 0 saturated heterocycles. The van der Waals surface area contributed by atoms with Gasteiger partial charge in [-0.1, -0.05) is 154 Å². The first-order chi connectivity index (χ1) is 27.9. The number of rotatable bonds is 9. The van der Waals surface area contributed by atoms with Gasteiger partial charge in [0.2, 0.25) is 0 Å². The average molecular weight is 737 g/mol. The molecule has 0 saturated carbocycles. The summed E-state index contributed by atoms with van der Waals surface area (Å²) < 4.78 is 2.33. The van der Waals surface area contributed by atoms with Crippen LogP contribution >= 0.6 is 0 Å². The standard InChI is InChI=1S/C53H44N4/c1-53(2,3)41-32-33-54-50(36-41)57-48-29-16-13-26-44(48)45-31-30-40(35-49(45)57)52(51(37-18-7-4-8-19-37)38-20-9-5-10-21-38)39-22-17-25-43(34-39)56-47-28-15-14-27-46(47)55-42-23-11-6-12-24-42/h4-36,55-56H,1-3H3. The summed E-state index contributed by atoms with van der Waals surface area (Å²) in [5, 5.41) is 9.74. The van der Waals surface area contributed by atoms with Gasteiger partial charge >= 0.3 is 0 Å². The largest absolute Gasteiger partial charge is 0.354 e. The van der Waals surface area contributed by atoms with Crippen LogP contribution in [0.5, 0.6) is 0 Å². The van der Waals surface area contributed by atoms with E-state index >= 15 is 0 Å². The predicted molar refractivity (Wildman–Crippen MR) is 241 cm³/mol. The molecular weight excluding hydrogens is 693 g/mol. The zero-order valence-corrected chi connectivity index (χ0v) is 32.4. The van der Waals surface area contributed by atoms with E-state index < -0.39 is 0 Å². The Hall–Kier alpha value is -7.17. The first kappa shape index (κ1) is 35.5. The number of nitrogens with zero attached hydrogens (tertiary/aromatic N) is 2. The number of benzene rings is 7. The maximum atomic E-state index is 4.98. The lowest BCUT2D eigenvalue weighted by molar-refractivity contribution is 0.588. The zero-order valence-electron chi connectivity index (χ0n) is 32.4. The van der Waals surface area contributed by atoms with Crippen LogP contribution in [0.1, 0.15) is 48.6 Å². The monoisotopic (exact) mass is 736 g/mol. The molecule has 2 heterocycles. The van der Waals surface area contributed by atoms with Crippen molar-refractivity contribution in [3.8, 4) is 5.82 Å². The van der Waals surface area contributed by atoms with Crippen molar-refractivity contribution in [3.63, 3.8) is 0 Å². The molecule has 0 bridgehead atoms.